The molecule has 0 spiro atoms. The summed E-state index contributed by atoms with van der Waals surface area (Å²) in [6, 6.07) is 16.4. The van der Waals surface area contributed by atoms with Crippen LogP contribution >= 0.6 is 0 Å². The van der Waals surface area contributed by atoms with Crippen LogP contribution in [0.4, 0.5) is 5.69 Å². The van der Waals surface area contributed by atoms with Crippen molar-refractivity contribution in [1.29, 1.82) is 0 Å². The smallest absolute Gasteiger partial charge is 0.262 e. The SMILES string of the molecule is COc1ccc(OCCn2ccc(=O)c(OCC(=O)Nc3ccc(C(C)C)cc3)c2C)cc1. The van der Waals surface area contributed by atoms with Gasteiger partial charge in [-0.15, -0.1) is 0 Å². The van der Waals surface area contributed by atoms with Crippen molar-refractivity contribution in [2.24, 2.45) is 0 Å². The number of methoxy groups -OCH3 is 1. The summed E-state index contributed by atoms with van der Waals surface area (Å²) in [7, 11) is 1.61. The summed E-state index contributed by atoms with van der Waals surface area (Å²) in [6.45, 7) is 6.68. The first-order valence-corrected chi connectivity index (χ1v) is 10.9. The molecule has 0 saturated carbocycles. The second kappa shape index (κ2) is 11.2. The van der Waals surface area contributed by atoms with Gasteiger partial charge in [-0.2, -0.15) is 0 Å². The molecule has 174 valence electrons. The standard InChI is InChI=1S/C26H30N2O5/c1-18(2)20-5-7-21(8-6-20)27-25(30)17-33-26-19(3)28(14-13-24(26)29)15-16-32-23-11-9-22(31-4)10-12-23/h5-14,18H,15-17H2,1-4H3,(H,27,30). The largest absolute Gasteiger partial charge is 0.497 e. The molecule has 1 aromatic heterocycles. The molecule has 1 heterocycles. The zero-order valence-corrected chi connectivity index (χ0v) is 19.5. The molecule has 0 radical (unpaired) electrons. The minimum atomic E-state index is -0.329. The number of hydrogen-bond acceptors (Lipinski definition) is 5. The van der Waals surface area contributed by atoms with Crippen LogP contribution in [0.15, 0.2) is 65.6 Å². The number of carbonyl (C=O) groups is 1. The van der Waals surface area contributed by atoms with Crippen molar-refractivity contribution in [2.45, 2.75) is 33.2 Å². The van der Waals surface area contributed by atoms with Gasteiger partial charge in [-0.25, -0.2) is 0 Å². The van der Waals surface area contributed by atoms with Crippen LogP contribution in [0, 0.1) is 6.92 Å². The monoisotopic (exact) mass is 450 g/mol. The minimum Gasteiger partial charge on any atom is -0.497 e. The number of nitrogens with zero attached hydrogens (tertiary/aromatic N) is 1. The van der Waals surface area contributed by atoms with Crippen LogP contribution in [-0.4, -0.2) is 30.8 Å². The fourth-order valence-electron chi connectivity index (χ4n) is 3.29. The van der Waals surface area contributed by atoms with E-state index in [0.29, 0.717) is 30.5 Å². The second-order valence-electron chi connectivity index (χ2n) is 7.93. The van der Waals surface area contributed by atoms with Crippen LogP contribution in [0.3, 0.4) is 0 Å². The van der Waals surface area contributed by atoms with Crippen molar-refractivity contribution in [1.82, 2.24) is 4.57 Å². The normalized spacial score (nSPS) is 10.7. The third kappa shape index (κ3) is 6.62. The van der Waals surface area contributed by atoms with E-state index >= 15 is 0 Å². The number of amides is 1. The summed E-state index contributed by atoms with van der Waals surface area (Å²) in [4.78, 5) is 24.6. The van der Waals surface area contributed by atoms with Crippen molar-refractivity contribution in [2.75, 3.05) is 25.6 Å². The number of hydrogen-bond donors (Lipinski definition) is 1. The Morgan fingerprint density at radius 2 is 1.64 bits per heavy atom. The van der Waals surface area contributed by atoms with E-state index in [1.54, 1.807) is 20.2 Å². The highest BCUT2D eigenvalue weighted by Crippen LogP contribution is 2.19. The lowest BCUT2D eigenvalue weighted by atomic mass is 10.0. The third-order valence-corrected chi connectivity index (χ3v) is 5.26. The molecular weight excluding hydrogens is 420 g/mol. The molecule has 2 aromatic carbocycles. The predicted molar refractivity (Wildman–Crippen MR) is 129 cm³/mol. The van der Waals surface area contributed by atoms with Crippen LogP contribution in [0.2, 0.25) is 0 Å². The van der Waals surface area contributed by atoms with E-state index in [2.05, 4.69) is 19.2 Å². The minimum absolute atomic E-state index is 0.159. The van der Waals surface area contributed by atoms with Crippen molar-refractivity contribution in [3.63, 3.8) is 0 Å². The number of rotatable bonds is 10. The number of nitrogens with one attached hydrogen (secondary N) is 1. The summed E-state index contributed by atoms with van der Waals surface area (Å²) in [5.74, 6) is 1.74. The maximum Gasteiger partial charge on any atom is 0.262 e. The lowest BCUT2D eigenvalue weighted by molar-refractivity contribution is -0.118. The zero-order chi connectivity index (χ0) is 23.8. The van der Waals surface area contributed by atoms with Crippen molar-refractivity contribution >= 4 is 11.6 Å². The molecule has 1 N–H and O–H groups in total. The number of aromatic nitrogens is 1. The van der Waals surface area contributed by atoms with Gasteiger partial charge in [0.2, 0.25) is 5.43 Å². The molecule has 0 saturated heterocycles. The first-order valence-electron chi connectivity index (χ1n) is 10.9. The van der Waals surface area contributed by atoms with E-state index in [4.69, 9.17) is 14.2 Å². The molecule has 0 bridgehead atoms. The maximum absolute atomic E-state index is 12.3. The van der Waals surface area contributed by atoms with Crippen LogP contribution in [-0.2, 0) is 11.3 Å². The molecular formula is C26H30N2O5. The van der Waals surface area contributed by atoms with E-state index in [9.17, 15) is 9.59 Å². The fourth-order valence-corrected chi connectivity index (χ4v) is 3.29. The molecule has 1 amide bonds. The predicted octanol–water partition coefficient (Wildman–Crippen LogP) is 4.39. The zero-order valence-electron chi connectivity index (χ0n) is 19.5. The fraction of sp³-hybridized carbons (Fsp3) is 0.308. The first-order chi connectivity index (χ1) is 15.9. The summed E-state index contributed by atoms with van der Waals surface area (Å²) in [5.41, 5.74) is 2.25. The third-order valence-electron chi connectivity index (χ3n) is 5.26. The highest BCUT2D eigenvalue weighted by atomic mass is 16.5. The Morgan fingerprint density at radius 1 is 0.970 bits per heavy atom. The molecule has 0 fully saturated rings. The van der Waals surface area contributed by atoms with E-state index in [1.807, 2.05) is 53.1 Å². The van der Waals surface area contributed by atoms with Gasteiger partial charge in [0.05, 0.1) is 19.3 Å². The number of carbonyl (C=O) groups excluding carboxylic acids is 1. The molecule has 0 atom stereocenters. The van der Waals surface area contributed by atoms with Crippen LogP contribution < -0.4 is 25.0 Å². The average Bonchev–Trinajstić information content (AvgIpc) is 2.81. The second-order valence-corrected chi connectivity index (χ2v) is 7.93. The molecule has 0 unspecified atom stereocenters. The van der Waals surface area contributed by atoms with Crippen LogP contribution in [0.5, 0.6) is 17.2 Å². The highest BCUT2D eigenvalue weighted by molar-refractivity contribution is 5.91. The van der Waals surface area contributed by atoms with Gasteiger partial charge in [0.1, 0.15) is 18.1 Å². The van der Waals surface area contributed by atoms with Gasteiger partial charge in [0.15, 0.2) is 12.4 Å². The van der Waals surface area contributed by atoms with Gasteiger partial charge in [-0.1, -0.05) is 26.0 Å². The Balaban J connectivity index is 1.56. The summed E-state index contributed by atoms with van der Waals surface area (Å²) in [5, 5.41) is 2.79. The van der Waals surface area contributed by atoms with Crippen molar-refractivity contribution in [3.8, 4) is 17.2 Å². The number of ether oxygens (including phenoxy) is 3. The molecule has 0 aliphatic heterocycles. The van der Waals surface area contributed by atoms with Crippen LogP contribution in [0.25, 0.3) is 0 Å². The number of anilines is 1. The van der Waals surface area contributed by atoms with Crippen molar-refractivity contribution < 1.29 is 19.0 Å². The van der Waals surface area contributed by atoms with Gasteiger partial charge < -0.3 is 24.1 Å². The molecule has 0 aliphatic carbocycles. The maximum atomic E-state index is 12.3. The Hall–Kier alpha value is -3.74. The molecule has 3 rings (SSSR count). The van der Waals surface area contributed by atoms with Gasteiger partial charge in [0.25, 0.3) is 5.91 Å². The molecule has 3 aromatic rings. The Morgan fingerprint density at radius 3 is 2.27 bits per heavy atom. The molecule has 7 nitrogen and oxygen atoms in total. The lowest BCUT2D eigenvalue weighted by Crippen LogP contribution is -2.24. The van der Waals surface area contributed by atoms with Gasteiger partial charge in [-0.05, 0) is 54.8 Å². The number of pyridine rings is 1. The van der Waals surface area contributed by atoms with Crippen LogP contribution in [0.1, 0.15) is 31.0 Å². The van der Waals surface area contributed by atoms with E-state index in [-0.39, 0.29) is 23.7 Å². The van der Waals surface area contributed by atoms with Gasteiger partial charge in [0, 0.05) is 18.0 Å². The number of benzene rings is 2. The topological polar surface area (TPSA) is 78.8 Å². The van der Waals surface area contributed by atoms with Gasteiger partial charge >= 0.3 is 0 Å². The first kappa shape index (κ1) is 23.9. The lowest BCUT2D eigenvalue weighted by Gasteiger charge is -2.15. The Labute approximate surface area is 193 Å². The van der Waals surface area contributed by atoms with Gasteiger partial charge in [-0.3, -0.25) is 9.59 Å². The average molecular weight is 451 g/mol. The van der Waals surface area contributed by atoms with E-state index in [0.717, 1.165) is 11.5 Å². The molecule has 0 aliphatic rings. The summed E-state index contributed by atoms with van der Waals surface area (Å²) in [6.07, 6.45) is 1.69. The van der Waals surface area contributed by atoms with E-state index in [1.165, 1.54) is 11.6 Å². The summed E-state index contributed by atoms with van der Waals surface area (Å²) < 4.78 is 18.4. The quantitative estimate of drug-likeness (QED) is 0.496. The molecule has 7 heteroatoms. The highest BCUT2D eigenvalue weighted by Gasteiger charge is 2.12. The van der Waals surface area contributed by atoms with E-state index < -0.39 is 0 Å². The Bertz CT molecular complexity index is 1120. The van der Waals surface area contributed by atoms with Crippen molar-refractivity contribution in [3.05, 3.63) is 82.3 Å². The summed E-state index contributed by atoms with van der Waals surface area (Å²) >= 11 is 0. The Kier molecular flexibility index (Phi) is 8.13. The molecule has 33 heavy (non-hydrogen) atoms.